The van der Waals surface area contributed by atoms with E-state index >= 15 is 0 Å². The number of carbonyl (C=O) groups excluding carboxylic acids is 2. The molecular weight excluding hydrogens is 508 g/mol. The molecule has 1 N–H and O–H groups in total. The SMILES string of the molecule is Cc1cccc(C2SCC(=O)N(CC(=O)NCC3CCCO3)c3c2c(C(C)(C)C)nn3-c2ccccc2C)c1. The maximum atomic E-state index is 13.8. The molecule has 2 aromatic carbocycles. The molecule has 0 bridgehead atoms. The average Bonchev–Trinajstić information content (AvgIpc) is 3.52. The monoisotopic (exact) mass is 546 g/mol. The highest BCUT2D eigenvalue weighted by atomic mass is 32.2. The molecule has 0 radical (unpaired) electrons. The second-order valence-electron chi connectivity index (χ2n) is 11.6. The van der Waals surface area contributed by atoms with E-state index in [9.17, 15) is 9.59 Å². The van der Waals surface area contributed by atoms with Gasteiger partial charge in [0.25, 0.3) is 0 Å². The van der Waals surface area contributed by atoms with Crippen molar-refractivity contribution < 1.29 is 14.3 Å². The Morgan fingerprint density at radius 3 is 2.64 bits per heavy atom. The summed E-state index contributed by atoms with van der Waals surface area (Å²) >= 11 is 1.61. The number of anilines is 1. The molecule has 5 rings (SSSR count). The van der Waals surface area contributed by atoms with Gasteiger partial charge < -0.3 is 10.1 Å². The van der Waals surface area contributed by atoms with E-state index < -0.39 is 0 Å². The fourth-order valence-electron chi connectivity index (χ4n) is 5.37. The van der Waals surface area contributed by atoms with Crippen molar-refractivity contribution in [1.29, 1.82) is 0 Å². The van der Waals surface area contributed by atoms with Crippen LogP contribution in [0, 0.1) is 13.8 Å². The Balaban J connectivity index is 1.66. The van der Waals surface area contributed by atoms with Crippen LogP contribution in [0.25, 0.3) is 5.69 Å². The molecule has 2 aliphatic heterocycles. The molecule has 3 heterocycles. The molecule has 1 saturated heterocycles. The molecule has 0 aliphatic carbocycles. The Hall–Kier alpha value is -3.10. The topological polar surface area (TPSA) is 76.5 Å². The number of carbonyl (C=O) groups is 2. The first-order chi connectivity index (χ1) is 18.6. The Morgan fingerprint density at radius 1 is 1.15 bits per heavy atom. The summed E-state index contributed by atoms with van der Waals surface area (Å²) in [5.74, 6) is 0.657. The van der Waals surface area contributed by atoms with Gasteiger partial charge in [-0.15, -0.1) is 11.8 Å². The first-order valence-electron chi connectivity index (χ1n) is 13.7. The number of para-hydroxylation sites is 1. The first-order valence-corrected chi connectivity index (χ1v) is 14.7. The van der Waals surface area contributed by atoms with Crippen molar-refractivity contribution in [3.8, 4) is 5.69 Å². The molecule has 2 atom stereocenters. The minimum Gasteiger partial charge on any atom is -0.376 e. The molecule has 2 unspecified atom stereocenters. The van der Waals surface area contributed by atoms with E-state index in [4.69, 9.17) is 9.84 Å². The lowest BCUT2D eigenvalue weighted by Crippen LogP contribution is -2.44. The van der Waals surface area contributed by atoms with Crippen LogP contribution in [0.5, 0.6) is 0 Å². The highest BCUT2D eigenvalue weighted by Crippen LogP contribution is 2.48. The van der Waals surface area contributed by atoms with E-state index in [1.54, 1.807) is 16.7 Å². The van der Waals surface area contributed by atoms with Gasteiger partial charge in [0, 0.05) is 24.1 Å². The van der Waals surface area contributed by atoms with Gasteiger partial charge in [-0.3, -0.25) is 14.5 Å². The fraction of sp³-hybridized carbons (Fsp3) is 0.452. The zero-order chi connectivity index (χ0) is 27.7. The standard InChI is InChI=1S/C31H38N4O3S/c1-20-10-8-12-22(16-20)28-27-29(31(3,4)5)33-35(24-14-7-6-11-21(24)2)30(27)34(26(37)19-39-28)18-25(36)32-17-23-13-9-15-38-23/h6-8,10-12,14,16,23,28H,9,13,15,17-19H2,1-5H3,(H,32,36). The third-order valence-corrected chi connectivity index (χ3v) is 8.60. The second kappa shape index (κ2) is 11.2. The molecule has 0 spiro atoms. The van der Waals surface area contributed by atoms with Gasteiger partial charge in [0.2, 0.25) is 11.8 Å². The number of thioether (sulfide) groups is 1. The molecule has 1 fully saturated rings. The maximum Gasteiger partial charge on any atom is 0.240 e. The summed E-state index contributed by atoms with van der Waals surface area (Å²) in [5, 5.41) is 8.10. The van der Waals surface area contributed by atoms with Crippen LogP contribution in [-0.4, -0.2) is 53.1 Å². The zero-order valence-electron chi connectivity index (χ0n) is 23.5. The minimum atomic E-state index is -0.290. The summed E-state index contributed by atoms with van der Waals surface area (Å²) < 4.78 is 7.58. The second-order valence-corrected chi connectivity index (χ2v) is 12.7. The third kappa shape index (κ3) is 5.77. The Morgan fingerprint density at radius 2 is 1.95 bits per heavy atom. The number of aryl methyl sites for hydroxylation is 2. The minimum absolute atomic E-state index is 0.0376. The smallest absolute Gasteiger partial charge is 0.240 e. The van der Waals surface area contributed by atoms with E-state index in [-0.39, 0.29) is 40.9 Å². The normalized spacial score (nSPS) is 19.6. The van der Waals surface area contributed by atoms with E-state index in [2.05, 4.69) is 57.3 Å². The van der Waals surface area contributed by atoms with Gasteiger partial charge in [-0.1, -0.05) is 68.8 Å². The lowest BCUT2D eigenvalue weighted by molar-refractivity contribution is -0.123. The molecule has 0 saturated carbocycles. The Bertz CT molecular complexity index is 1370. The highest BCUT2D eigenvalue weighted by molar-refractivity contribution is 8.00. The number of hydrogen-bond donors (Lipinski definition) is 1. The lowest BCUT2D eigenvalue weighted by atomic mass is 9.87. The Labute approximate surface area is 235 Å². The van der Waals surface area contributed by atoms with Crippen LogP contribution in [0.2, 0.25) is 0 Å². The van der Waals surface area contributed by atoms with E-state index in [1.807, 2.05) is 35.9 Å². The van der Waals surface area contributed by atoms with Gasteiger partial charge in [0.15, 0.2) is 0 Å². The van der Waals surface area contributed by atoms with Crippen LogP contribution in [-0.2, 0) is 19.7 Å². The number of fused-ring (bicyclic) bond motifs is 1. The summed E-state index contributed by atoms with van der Waals surface area (Å²) in [6, 6.07) is 16.5. The van der Waals surface area contributed by atoms with Crippen molar-refractivity contribution in [2.75, 3.05) is 30.3 Å². The van der Waals surface area contributed by atoms with E-state index in [1.165, 1.54) is 5.56 Å². The van der Waals surface area contributed by atoms with Gasteiger partial charge in [0.05, 0.1) is 28.5 Å². The molecule has 7 nitrogen and oxygen atoms in total. The van der Waals surface area contributed by atoms with Gasteiger partial charge in [-0.25, -0.2) is 4.68 Å². The number of benzene rings is 2. The number of amides is 2. The van der Waals surface area contributed by atoms with Gasteiger partial charge in [0.1, 0.15) is 12.4 Å². The van der Waals surface area contributed by atoms with Crippen LogP contribution in [0.3, 0.4) is 0 Å². The summed E-state index contributed by atoms with van der Waals surface area (Å²) in [6.45, 7) is 11.7. The predicted octanol–water partition coefficient (Wildman–Crippen LogP) is 5.25. The summed E-state index contributed by atoms with van der Waals surface area (Å²) in [6.07, 6.45) is 1.99. The maximum absolute atomic E-state index is 13.8. The highest BCUT2D eigenvalue weighted by Gasteiger charge is 2.40. The van der Waals surface area contributed by atoms with E-state index in [0.29, 0.717) is 12.4 Å². The summed E-state index contributed by atoms with van der Waals surface area (Å²) in [4.78, 5) is 28.7. The van der Waals surface area contributed by atoms with Crippen molar-refractivity contribution in [3.05, 3.63) is 76.5 Å². The number of rotatable bonds is 6. The predicted molar refractivity (Wildman–Crippen MR) is 157 cm³/mol. The lowest BCUT2D eigenvalue weighted by Gasteiger charge is -2.25. The summed E-state index contributed by atoms with van der Waals surface area (Å²) in [7, 11) is 0. The molecule has 2 aliphatic rings. The van der Waals surface area contributed by atoms with Crippen molar-refractivity contribution in [2.45, 2.75) is 64.2 Å². The number of ether oxygens (including phenoxy) is 1. The van der Waals surface area contributed by atoms with Gasteiger partial charge >= 0.3 is 0 Å². The zero-order valence-corrected chi connectivity index (χ0v) is 24.3. The van der Waals surface area contributed by atoms with Crippen molar-refractivity contribution >= 4 is 29.4 Å². The molecule has 206 valence electrons. The van der Waals surface area contributed by atoms with Crippen molar-refractivity contribution in [2.24, 2.45) is 0 Å². The number of nitrogens with zero attached hydrogens (tertiary/aromatic N) is 3. The molecule has 8 heteroatoms. The summed E-state index contributed by atoms with van der Waals surface area (Å²) in [5.41, 5.74) is 5.88. The largest absolute Gasteiger partial charge is 0.376 e. The molecule has 2 amide bonds. The fourth-order valence-corrected chi connectivity index (χ4v) is 6.56. The average molecular weight is 547 g/mol. The number of aromatic nitrogens is 2. The van der Waals surface area contributed by atoms with Gasteiger partial charge in [-0.05, 0) is 43.9 Å². The Kier molecular flexibility index (Phi) is 7.87. The van der Waals surface area contributed by atoms with Crippen LogP contribution in [0.1, 0.15) is 66.8 Å². The number of nitrogens with one attached hydrogen (secondary N) is 1. The molecular formula is C31H38N4O3S. The first kappa shape index (κ1) is 27.5. The van der Waals surface area contributed by atoms with Crippen LogP contribution in [0.4, 0.5) is 5.82 Å². The van der Waals surface area contributed by atoms with Gasteiger partial charge in [-0.2, -0.15) is 5.10 Å². The molecule has 3 aromatic rings. The van der Waals surface area contributed by atoms with Crippen LogP contribution >= 0.6 is 11.8 Å². The number of hydrogen-bond acceptors (Lipinski definition) is 5. The van der Waals surface area contributed by atoms with Crippen LogP contribution < -0.4 is 10.2 Å². The van der Waals surface area contributed by atoms with Crippen molar-refractivity contribution in [1.82, 2.24) is 15.1 Å². The quantitative estimate of drug-likeness (QED) is 0.457. The van der Waals surface area contributed by atoms with Crippen LogP contribution in [0.15, 0.2) is 48.5 Å². The molecule has 1 aromatic heterocycles. The van der Waals surface area contributed by atoms with Crippen molar-refractivity contribution in [3.63, 3.8) is 0 Å². The molecule has 39 heavy (non-hydrogen) atoms. The van der Waals surface area contributed by atoms with E-state index in [0.717, 1.165) is 47.5 Å². The third-order valence-electron chi connectivity index (χ3n) is 7.34.